The van der Waals surface area contributed by atoms with Crippen LogP contribution < -0.4 is 5.73 Å². The Hall–Kier alpha value is 0.557. The molecule has 0 aliphatic carbocycles. The van der Waals surface area contributed by atoms with Crippen molar-refractivity contribution in [3.8, 4) is 0 Å². The third kappa shape index (κ3) is 4.56. The average molecular weight is 65.0 g/mol. The van der Waals surface area contributed by atoms with Crippen LogP contribution in [0, 0.1) is 0 Å². The molecule has 2 N–H and O–H groups in total. The Labute approximate surface area is 42.1 Å². The molecule has 0 amide bonds. The van der Waals surface area contributed by atoms with Gasteiger partial charge >= 0.3 is 41.5 Å². The topological polar surface area (TPSA) is 26.0 Å². The Kier molecular flexibility index (Phi) is 5.07. The molecule has 0 atom stereocenters. The van der Waals surface area contributed by atoms with Crippen LogP contribution in [0.5, 0.6) is 0 Å². The second-order valence-corrected chi connectivity index (χ2v) is 1.14. The van der Waals surface area contributed by atoms with Gasteiger partial charge in [0.25, 0.3) is 0 Å². The maximum absolute atomic E-state index is 5.14. The van der Waals surface area contributed by atoms with E-state index in [1.807, 2.05) is 0 Å². The van der Waals surface area contributed by atoms with Gasteiger partial charge in [0.15, 0.2) is 0 Å². The summed E-state index contributed by atoms with van der Waals surface area (Å²) in [5, 5.41) is 1.22. The number of hydrogen-bond donors (Lipinski definition) is 1. The number of rotatable bonds is 2. The van der Waals surface area contributed by atoms with Gasteiger partial charge in [0, 0.05) is 0 Å². The zero-order valence-electron chi connectivity index (χ0n) is 3.70. The molecule has 0 heterocycles. The SMILES string of the molecule is [Li][CH2]CCN. The first kappa shape index (κ1) is 5.56. The molecule has 0 aromatic carbocycles. The molecule has 0 saturated heterocycles. The normalized spacial score (nSPS) is 8.60. The van der Waals surface area contributed by atoms with Gasteiger partial charge in [0.1, 0.15) is 0 Å². The fourth-order valence-corrected chi connectivity index (χ4v) is 0.204. The summed E-state index contributed by atoms with van der Waals surface area (Å²) in [6.07, 6.45) is 1.17. The molecule has 0 bridgehead atoms. The van der Waals surface area contributed by atoms with E-state index < -0.39 is 0 Å². The standard InChI is InChI=1S/C3H8N.Li/c1-2-3-4;/h1-4H2;. The van der Waals surface area contributed by atoms with Gasteiger partial charge < -0.3 is 0 Å². The van der Waals surface area contributed by atoms with Crippen molar-refractivity contribution in [1.82, 2.24) is 0 Å². The predicted molar refractivity (Wildman–Crippen MR) is 24.2 cm³/mol. The molecule has 0 fully saturated rings. The van der Waals surface area contributed by atoms with Crippen LogP contribution in [0.15, 0.2) is 0 Å². The summed E-state index contributed by atoms with van der Waals surface area (Å²) in [7, 11) is 0. The van der Waals surface area contributed by atoms with E-state index >= 15 is 0 Å². The van der Waals surface area contributed by atoms with Crippen LogP contribution in [0.3, 0.4) is 0 Å². The average Bonchev–Trinajstić information content (AvgIpc) is 1.41. The first-order chi connectivity index (χ1) is 2.41. The fraction of sp³-hybridized carbons (Fsp3) is 1.00. The molecule has 5 heavy (non-hydrogen) atoms. The Morgan fingerprint density at radius 3 is 2.20 bits per heavy atom. The first-order valence-electron chi connectivity index (χ1n) is 2.12. The summed E-state index contributed by atoms with van der Waals surface area (Å²) in [4.78, 5) is 0. The molecule has 0 unspecified atom stereocenters. The second kappa shape index (κ2) is 4.56. The zero-order chi connectivity index (χ0) is 4.12. The van der Waals surface area contributed by atoms with Gasteiger partial charge in [-0.15, -0.1) is 0 Å². The van der Waals surface area contributed by atoms with Crippen LogP contribution >= 0.6 is 0 Å². The van der Waals surface area contributed by atoms with Crippen molar-refractivity contribution < 1.29 is 0 Å². The zero-order valence-corrected chi connectivity index (χ0v) is 3.70. The third-order valence-corrected chi connectivity index (χ3v) is 0.558. The molecule has 0 saturated carbocycles. The van der Waals surface area contributed by atoms with Crippen LogP contribution in [0.1, 0.15) is 6.42 Å². The van der Waals surface area contributed by atoms with Gasteiger partial charge in [0.2, 0.25) is 0 Å². The third-order valence-electron chi connectivity index (χ3n) is 0.558. The van der Waals surface area contributed by atoms with Crippen LogP contribution in [-0.2, 0) is 0 Å². The minimum atomic E-state index is 0.844. The summed E-state index contributed by atoms with van der Waals surface area (Å²) in [6, 6.07) is 0. The molecule has 0 radical (unpaired) electrons. The van der Waals surface area contributed by atoms with Crippen molar-refractivity contribution in [2.45, 2.75) is 11.5 Å². The monoisotopic (exact) mass is 65.1 g/mol. The summed E-state index contributed by atoms with van der Waals surface area (Å²) in [6.45, 7) is 0.844. The van der Waals surface area contributed by atoms with E-state index in [2.05, 4.69) is 17.7 Å². The van der Waals surface area contributed by atoms with Crippen molar-refractivity contribution >= 4 is 17.7 Å². The number of hydrogen-bond acceptors (Lipinski definition) is 1. The van der Waals surface area contributed by atoms with Gasteiger partial charge in [-0.3, -0.25) is 0 Å². The van der Waals surface area contributed by atoms with Crippen LogP contribution in [-0.4, -0.2) is 24.3 Å². The van der Waals surface area contributed by atoms with Gasteiger partial charge in [-0.1, -0.05) is 0 Å². The quantitative estimate of drug-likeness (QED) is 0.447. The van der Waals surface area contributed by atoms with Gasteiger partial charge in [-0.25, -0.2) is 0 Å². The summed E-state index contributed by atoms with van der Waals surface area (Å²) >= 11 is 2.13. The first-order valence-corrected chi connectivity index (χ1v) is 2.12. The van der Waals surface area contributed by atoms with E-state index in [0.29, 0.717) is 0 Å². The van der Waals surface area contributed by atoms with Crippen LogP contribution in [0.2, 0.25) is 5.09 Å². The molecule has 1 nitrogen and oxygen atoms in total. The van der Waals surface area contributed by atoms with Crippen LogP contribution in [0.4, 0.5) is 0 Å². The molecule has 0 aliphatic heterocycles. The molecular formula is C3H8LiN. The fourth-order valence-electron chi connectivity index (χ4n) is 0.204. The van der Waals surface area contributed by atoms with Crippen molar-refractivity contribution in [2.75, 3.05) is 6.54 Å². The molecule has 2 heteroatoms. The van der Waals surface area contributed by atoms with Gasteiger partial charge in [-0.2, -0.15) is 0 Å². The van der Waals surface area contributed by atoms with Crippen molar-refractivity contribution in [3.05, 3.63) is 0 Å². The maximum atomic E-state index is 5.14. The Morgan fingerprint density at radius 1 is 1.60 bits per heavy atom. The predicted octanol–water partition coefficient (Wildman–Crippen LogP) is -0.0780. The van der Waals surface area contributed by atoms with Crippen LogP contribution in [0.25, 0.3) is 0 Å². The van der Waals surface area contributed by atoms with Crippen molar-refractivity contribution in [1.29, 1.82) is 0 Å². The van der Waals surface area contributed by atoms with E-state index in [1.165, 1.54) is 11.5 Å². The van der Waals surface area contributed by atoms with Crippen molar-refractivity contribution in [2.24, 2.45) is 5.73 Å². The molecule has 0 aromatic heterocycles. The molecule has 0 rings (SSSR count). The van der Waals surface area contributed by atoms with Crippen molar-refractivity contribution in [3.63, 3.8) is 0 Å². The molecule has 0 aliphatic rings. The Bertz CT molecular complexity index is 14.4. The van der Waals surface area contributed by atoms with E-state index in [9.17, 15) is 0 Å². The Morgan fingerprint density at radius 2 is 2.20 bits per heavy atom. The minimum absolute atomic E-state index is 0.844. The summed E-state index contributed by atoms with van der Waals surface area (Å²) in [5.41, 5.74) is 5.14. The van der Waals surface area contributed by atoms with E-state index in [4.69, 9.17) is 5.73 Å². The summed E-state index contributed by atoms with van der Waals surface area (Å²) in [5.74, 6) is 0. The number of nitrogens with two attached hydrogens (primary N) is 1. The van der Waals surface area contributed by atoms with Gasteiger partial charge in [-0.05, 0) is 0 Å². The van der Waals surface area contributed by atoms with E-state index in [1.54, 1.807) is 0 Å². The molecule has 26 valence electrons. The van der Waals surface area contributed by atoms with Gasteiger partial charge in [0.05, 0.1) is 0 Å². The Balaban J connectivity index is 2.19. The second-order valence-electron chi connectivity index (χ2n) is 1.14. The summed E-state index contributed by atoms with van der Waals surface area (Å²) < 4.78 is 0. The van der Waals surface area contributed by atoms with E-state index in [-0.39, 0.29) is 0 Å². The molecular weight excluding hydrogens is 57.0 g/mol. The molecule has 0 spiro atoms. The van der Waals surface area contributed by atoms with E-state index in [0.717, 1.165) is 6.54 Å². The molecule has 0 aromatic rings.